The van der Waals surface area contributed by atoms with Crippen LogP contribution in [0.4, 0.5) is 0 Å². The molecule has 0 N–H and O–H groups in total. The third-order valence-corrected chi connectivity index (χ3v) is 3.77. The smallest absolute Gasteiger partial charge is 0.184 e. The Labute approximate surface area is 93.4 Å². The Hall–Kier alpha value is -0.620. The van der Waals surface area contributed by atoms with Crippen molar-refractivity contribution in [3.05, 3.63) is 0 Å². The van der Waals surface area contributed by atoms with Crippen molar-refractivity contribution in [1.82, 2.24) is 0 Å². The van der Waals surface area contributed by atoms with E-state index in [9.17, 15) is 16.8 Å². The molecule has 0 heterocycles. The first kappa shape index (κ1) is 14.4. The zero-order valence-corrected chi connectivity index (χ0v) is 10.9. The van der Waals surface area contributed by atoms with E-state index in [1.807, 2.05) is 13.8 Å². The fraction of sp³-hybridized carbons (Fsp3) is 0.778. The van der Waals surface area contributed by atoms with E-state index in [0.717, 1.165) is 0 Å². The third kappa shape index (κ3) is 4.61. The van der Waals surface area contributed by atoms with Crippen molar-refractivity contribution >= 4 is 30.3 Å². The highest BCUT2D eigenvalue weighted by Gasteiger charge is 2.17. The van der Waals surface area contributed by atoms with Crippen molar-refractivity contribution in [2.75, 3.05) is 0 Å². The van der Waals surface area contributed by atoms with Gasteiger partial charge in [-0.2, -0.15) is 16.8 Å². The van der Waals surface area contributed by atoms with E-state index in [1.54, 1.807) is 13.8 Å². The molecular weight excluding hydrogens is 236 g/mol. The SMILES string of the molecule is CC(C)CC(C(C(C)C)=S(=O)=O)=S(=O)=O. The Kier molecular flexibility index (Phi) is 5.82. The Morgan fingerprint density at radius 1 is 0.933 bits per heavy atom. The first-order valence-corrected chi connectivity index (χ1v) is 6.83. The monoisotopic (exact) mass is 252 g/mol. The molecule has 6 heteroatoms. The normalized spacial score (nSPS) is 10.5. The molecule has 0 amide bonds. The van der Waals surface area contributed by atoms with E-state index in [-0.39, 0.29) is 28.0 Å². The van der Waals surface area contributed by atoms with Gasteiger partial charge in [0.2, 0.25) is 20.6 Å². The molecule has 0 rings (SSSR count). The standard InChI is InChI=1S/C9H16O4S2/c1-6(2)5-8(14(10)11)9(7(3)4)15(12)13/h6-7H,5H2,1-4H3. The minimum absolute atomic E-state index is 0.00275. The van der Waals surface area contributed by atoms with Crippen LogP contribution in [0.1, 0.15) is 34.1 Å². The average Bonchev–Trinajstić information content (AvgIpc) is 2.00. The van der Waals surface area contributed by atoms with Crippen LogP contribution in [0.5, 0.6) is 0 Å². The van der Waals surface area contributed by atoms with Gasteiger partial charge in [0.25, 0.3) is 0 Å². The minimum Gasteiger partial charge on any atom is -0.184 e. The molecule has 4 nitrogen and oxygen atoms in total. The maximum absolute atomic E-state index is 11.0. The van der Waals surface area contributed by atoms with Crippen LogP contribution >= 0.6 is 0 Å². The van der Waals surface area contributed by atoms with E-state index in [0.29, 0.717) is 0 Å². The fourth-order valence-electron chi connectivity index (χ4n) is 1.23. The predicted octanol–water partition coefficient (Wildman–Crippen LogP) is 0.792. The van der Waals surface area contributed by atoms with Gasteiger partial charge in [-0.15, -0.1) is 0 Å². The van der Waals surface area contributed by atoms with Crippen LogP contribution in [0.15, 0.2) is 0 Å². The van der Waals surface area contributed by atoms with Gasteiger partial charge in [-0.3, -0.25) is 0 Å². The largest absolute Gasteiger partial charge is 0.218 e. The summed E-state index contributed by atoms with van der Waals surface area (Å²) in [5, 5.41) is 0. The topological polar surface area (TPSA) is 68.3 Å². The Balaban J connectivity index is 5.70. The van der Waals surface area contributed by atoms with Crippen LogP contribution in [0.2, 0.25) is 0 Å². The van der Waals surface area contributed by atoms with Gasteiger partial charge in [-0.05, 0) is 18.3 Å². The zero-order valence-electron chi connectivity index (χ0n) is 9.31. The van der Waals surface area contributed by atoms with Gasteiger partial charge in [-0.25, -0.2) is 0 Å². The van der Waals surface area contributed by atoms with Crippen molar-refractivity contribution in [3.8, 4) is 0 Å². The van der Waals surface area contributed by atoms with Gasteiger partial charge in [0.15, 0.2) is 0 Å². The van der Waals surface area contributed by atoms with Crippen LogP contribution in [0, 0.1) is 11.8 Å². The van der Waals surface area contributed by atoms with E-state index in [4.69, 9.17) is 0 Å². The van der Waals surface area contributed by atoms with Gasteiger partial charge in [0.1, 0.15) is 0 Å². The summed E-state index contributed by atoms with van der Waals surface area (Å²) in [6, 6.07) is 0. The lowest BCUT2D eigenvalue weighted by atomic mass is 10.0. The summed E-state index contributed by atoms with van der Waals surface area (Å²) >= 11 is 0. The van der Waals surface area contributed by atoms with Crippen LogP contribution in [0.3, 0.4) is 0 Å². The summed E-state index contributed by atoms with van der Waals surface area (Å²) in [5.74, 6) is -0.204. The Bertz CT molecular complexity index is 462. The molecule has 0 aromatic rings. The molecule has 0 aromatic heterocycles. The van der Waals surface area contributed by atoms with E-state index >= 15 is 0 Å². The summed E-state index contributed by atoms with van der Waals surface area (Å²) in [5.41, 5.74) is 0. The molecular formula is C9H16O4S2. The third-order valence-electron chi connectivity index (χ3n) is 1.77. The van der Waals surface area contributed by atoms with Crippen LogP contribution in [-0.2, 0) is 20.6 Å². The molecule has 15 heavy (non-hydrogen) atoms. The Morgan fingerprint density at radius 2 is 1.40 bits per heavy atom. The van der Waals surface area contributed by atoms with Crippen molar-refractivity contribution in [3.63, 3.8) is 0 Å². The molecule has 0 atom stereocenters. The van der Waals surface area contributed by atoms with Crippen molar-refractivity contribution in [2.45, 2.75) is 34.1 Å². The molecule has 0 saturated carbocycles. The molecule has 0 aliphatic rings. The molecule has 0 fully saturated rings. The second-order valence-corrected chi connectivity index (χ2v) is 5.88. The predicted molar refractivity (Wildman–Crippen MR) is 62.1 cm³/mol. The van der Waals surface area contributed by atoms with E-state index < -0.39 is 20.6 Å². The average molecular weight is 252 g/mol. The molecule has 0 unspecified atom stereocenters. The van der Waals surface area contributed by atoms with Crippen LogP contribution in [0.25, 0.3) is 0 Å². The van der Waals surface area contributed by atoms with Gasteiger partial charge >= 0.3 is 0 Å². The lowest BCUT2D eigenvalue weighted by Crippen LogP contribution is -2.23. The number of hydrogen-bond donors (Lipinski definition) is 0. The maximum atomic E-state index is 11.0. The summed E-state index contributed by atoms with van der Waals surface area (Å²) in [6.07, 6.45) is 0.262. The van der Waals surface area contributed by atoms with Gasteiger partial charge in [-0.1, -0.05) is 27.7 Å². The summed E-state index contributed by atoms with van der Waals surface area (Å²) < 4.78 is 43.8. The highest BCUT2D eigenvalue weighted by Crippen LogP contribution is 2.07. The highest BCUT2D eigenvalue weighted by atomic mass is 32.2. The van der Waals surface area contributed by atoms with Gasteiger partial charge in [0.05, 0.1) is 9.73 Å². The second-order valence-electron chi connectivity index (χ2n) is 4.01. The Morgan fingerprint density at radius 3 is 1.60 bits per heavy atom. The quantitative estimate of drug-likeness (QED) is 0.694. The van der Waals surface area contributed by atoms with E-state index in [1.165, 1.54) is 0 Å². The molecule has 0 spiro atoms. The fourth-order valence-corrected chi connectivity index (χ4v) is 3.16. The van der Waals surface area contributed by atoms with Gasteiger partial charge in [0, 0.05) is 0 Å². The summed E-state index contributed by atoms with van der Waals surface area (Å²) in [4.78, 5) is 0.00497. The molecule has 0 aliphatic carbocycles. The first-order valence-electron chi connectivity index (χ1n) is 4.68. The molecule has 0 aromatic carbocycles. The summed E-state index contributed by atoms with van der Waals surface area (Å²) in [7, 11) is -4.92. The number of hydrogen-bond acceptors (Lipinski definition) is 4. The first-order chi connectivity index (χ1) is 6.77. The summed E-state index contributed by atoms with van der Waals surface area (Å²) in [6.45, 7) is 7.02. The molecule has 0 radical (unpaired) electrons. The zero-order chi connectivity index (χ0) is 12.2. The maximum Gasteiger partial charge on any atom is 0.218 e. The lowest BCUT2D eigenvalue weighted by molar-refractivity contribution is 0.622. The van der Waals surface area contributed by atoms with Gasteiger partial charge < -0.3 is 0 Å². The van der Waals surface area contributed by atoms with Crippen molar-refractivity contribution < 1.29 is 16.8 Å². The molecule has 88 valence electrons. The second kappa shape index (κ2) is 6.07. The van der Waals surface area contributed by atoms with Crippen LogP contribution in [-0.4, -0.2) is 26.6 Å². The number of rotatable bonds is 4. The lowest BCUT2D eigenvalue weighted by Gasteiger charge is -2.09. The molecule has 0 saturated heterocycles. The highest BCUT2D eigenvalue weighted by molar-refractivity contribution is 7.82. The van der Waals surface area contributed by atoms with Crippen molar-refractivity contribution in [2.24, 2.45) is 11.8 Å². The van der Waals surface area contributed by atoms with E-state index in [2.05, 4.69) is 0 Å². The van der Waals surface area contributed by atoms with Crippen LogP contribution < -0.4 is 0 Å². The molecule has 0 bridgehead atoms. The minimum atomic E-state index is -2.46. The molecule has 0 aliphatic heterocycles. The van der Waals surface area contributed by atoms with Crippen molar-refractivity contribution in [1.29, 1.82) is 0 Å².